The van der Waals surface area contributed by atoms with E-state index in [2.05, 4.69) is 20.8 Å². The molecule has 2 nitrogen and oxygen atoms in total. The van der Waals surface area contributed by atoms with Gasteiger partial charge in [0.25, 0.3) is 0 Å². The lowest BCUT2D eigenvalue weighted by Gasteiger charge is -2.30. The molecule has 2 aliphatic heterocycles. The highest BCUT2D eigenvalue weighted by Crippen LogP contribution is 2.44. The van der Waals surface area contributed by atoms with Crippen LogP contribution in [0.1, 0.15) is 33.6 Å². The zero-order chi connectivity index (χ0) is 8.93. The molecule has 0 aliphatic carbocycles. The molecule has 0 radical (unpaired) electrons. The summed E-state index contributed by atoms with van der Waals surface area (Å²) in [7, 11) is 0. The molecule has 12 heavy (non-hydrogen) atoms. The standard InChI is InChI=1S/C10H16O2/c1-10(2,3)8-6-4-5-7(12-6)9(8)11/h6-8H,4-5H2,1-3H3/t6-,7+,8-/m0/s1. The third-order valence-electron chi connectivity index (χ3n) is 2.98. The van der Waals surface area contributed by atoms with Crippen LogP contribution in [0, 0.1) is 11.3 Å². The molecule has 68 valence electrons. The van der Waals surface area contributed by atoms with Crippen molar-refractivity contribution in [3.63, 3.8) is 0 Å². The van der Waals surface area contributed by atoms with Gasteiger partial charge in [-0.05, 0) is 18.3 Å². The van der Waals surface area contributed by atoms with Gasteiger partial charge in [-0.25, -0.2) is 0 Å². The van der Waals surface area contributed by atoms with Crippen LogP contribution in [0.15, 0.2) is 0 Å². The second-order valence-electron chi connectivity index (χ2n) is 4.99. The van der Waals surface area contributed by atoms with Crippen molar-refractivity contribution in [3.05, 3.63) is 0 Å². The Morgan fingerprint density at radius 2 is 2.00 bits per heavy atom. The molecule has 2 heterocycles. The normalized spacial score (nSPS) is 40.9. The molecule has 0 amide bonds. The number of carbonyl (C=O) groups is 1. The number of hydrogen-bond acceptors (Lipinski definition) is 2. The van der Waals surface area contributed by atoms with E-state index in [-0.39, 0.29) is 23.5 Å². The van der Waals surface area contributed by atoms with Gasteiger partial charge in [0.15, 0.2) is 5.78 Å². The Morgan fingerprint density at radius 3 is 2.33 bits per heavy atom. The van der Waals surface area contributed by atoms with Gasteiger partial charge in [-0.3, -0.25) is 4.79 Å². The highest BCUT2D eigenvalue weighted by molar-refractivity contribution is 5.89. The first-order valence-electron chi connectivity index (χ1n) is 4.69. The summed E-state index contributed by atoms with van der Waals surface area (Å²) in [4.78, 5) is 11.7. The number of ether oxygens (including phenoxy) is 1. The first-order chi connectivity index (χ1) is 5.50. The molecule has 2 heteroatoms. The van der Waals surface area contributed by atoms with Crippen LogP contribution in [-0.2, 0) is 9.53 Å². The first kappa shape index (κ1) is 8.24. The van der Waals surface area contributed by atoms with Gasteiger partial charge in [-0.1, -0.05) is 20.8 Å². The number of rotatable bonds is 0. The quantitative estimate of drug-likeness (QED) is 0.551. The fourth-order valence-corrected chi connectivity index (χ4v) is 2.49. The lowest BCUT2D eigenvalue weighted by atomic mass is 9.71. The highest BCUT2D eigenvalue weighted by atomic mass is 16.5. The van der Waals surface area contributed by atoms with E-state index in [4.69, 9.17) is 4.74 Å². The number of ketones is 1. The molecule has 2 aliphatic rings. The van der Waals surface area contributed by atoms with Gasteiger partial charge in [0, 0.05) is 0 Å². The molecule has 0 aromatic heterocycles. The Labute approximate surface area is 73.3 Å². The van der Waals surface area contributed by atoms with Crippen molar-refractivity contribution in [1.29, 1.82) is 0 Å². The maximum atomic E-state index is 11.7. The van der Waals surface area contributed by atoms with E-state index in [1.807, 2.05) is 0 Å². The fraction of sp³-hybridized carbons (Fsp3) is 0.900. The number of carbonyl (C=O) groups excluding carboxylic acids is 1. The highest BCUT2D eigenvalue weighted by Gasteiger charge is 2.52. The lowest BCUT2D eigenvalue weighted by Crippen LogP contribution is -2.36. The van der Waals surface area contributed by atoms with E-state index < -0.39 is 0 Å². The van der Waals surface area contributed by atoms with E-state index in [1.165, 1.54) is 0 Å². The molecule has 2 bridgehead atoms. The predicted octanol–water partition coefficient (Wildman–Crippen LogP) is 1.78. The minimum Gasteiger partial charge on any atom is -0.366 e. The summed E-state index contributed by atoms with van der Waals surface area (Å²) >= 11 is 0. The van der Waals surface area contributed by atoms with Crippen LogP contribution in [0.5, 0.6) is 0 Å². The second kappa shape index (κ2) is 2.32. The molecule has 2 saturated heterocycles. The minimum absolute atomic E-state index is 0.0563. The molecule has 3 atom stereocenters. The maximum absolute atomic E-state index is 11.7. The van der Waals surface area contributed by atoms with Crippen LogP contribution in [0.2, 0.25) is 0 Å². The van der Waals surface area contributed by atoms with Crippen LogP contribution in [0.25, 0.3) is 0 Å². The van der Waals surface area contributed by atoms with Crippen LogP contribution in [0.3, 0.4) is 0 Å². The molecule has 0 spiro atoms. The Bertz CT molecular complexity index is 214. The number of hydrogen-bond donors (Lipinski definition) is 0. The van der Waals surface area contributed by atoms with Crippen LogP contribution < -0.4 is 0 Å². The average molecular weight is 168 g/mol. The van der Waals surface area contributed by atoms with Crippen molar-refractivity contribution in [2.45, 2.75) is 45.8 Å². The molecule has 2 rings (SSSR count). The number of fused-ring (bicyclic) bond motifs is 2. The van der Waals surface area contributed by atoms with Gasteiger partial charge in [-0.15, -0.1) is 0 Å². The van der Waals surface area contributed by atoms with Gasteiger partial charge in [0.2, 0.25) is 0 Å². The van der Waals surface area contributed by atoms with E-state index in [9.17, 15) is 4.79 Å². The van der Waals surface area contributed by atoms with Crippen LogP contribution in [0.4, 0.5) is 0 Å². The maximum Gasteiger partial charge on any atom is 0.167 e. The van der Waals surface area contributed by atoms with E-state index in [0.717, 1.165) is 12.8 Å². The van der Waals surface area contributed by atoms with Gasteiger partial charge < -0.3 is 4.74 Å². The average Bonchev–Trinajstić information content (AvgIpc) is 2.42. The summed E-state index contributed by atoms with van der Waals surface area (Å²) in [5.41, 5.74) is 0.0803. The molecule has 0 aromatic rings. The zero-order valence-electron chi connectivity index (χ0n) is 7.96. The monoisotopic (exact) mass is 168 g/mol. The Morgan fingerprint density at radius 1 is 1.33 bits per heavy atom. The van der Waals surface area contributed by atoms with E-state index in [1.54, 1.807) is 0 Å². The van der Waals surface area contributed by atoms with Gasteiger partial charge in [-0.2, -0.15) is 0 Å². The SMILES string of the molecule is CC(C)(C)[C@@H]1C(=O)[C@H]2CC[C@@H]1O2. The van der Waals surface area contributed by atoms with E-state index >= 15 is 0 Å². The lowest BCUT2D eigenvalue weighted by molar-refractivity contribution is -0.126. The van der Waals surface area contributed by atoms with Crippen molar-refractivity contribution in [1.82, 2.24) is 0 Å². The predicted molar refractivity (Wildman–Crippen MR) is 45.8 cm³/mol. The van der Waals surface area contributed by atoms with Crippen LogP contribution >= 0.6 is 0 Å². The summed E-state index contributed by atoms with van der Waals surface area (Å²) in [5, 5.41) is 0. The largest absolute Gasteiger partial charge is 0.366 e. The third kappa shape index (κ3) is 1.01. The molecular formula is C10H16O2. The van der Waals surface area contributed by atoms with Crippen molar-refractivity contribution in [3.8, 4) is 0 Å². The van der Waals surface area contributed by atoms with Crippen molar-refractivity contribution >= 4 is 5.78 Å². The van der Waals surface area contributed by atoms with Crippen molar-refractivity contribution in [2.24, 2.45) is 11.3 Å². The molecule has 0 N–H and O–H groups in total. The van der Waals surface area contributed by atoms with Gasteiger partial charge >= 0.3 is 0 Å². The summed E-state index contributed by atoms with van der Waals surface area (Å²) in [6.07, 6.45) is 2.20. The zero-order valence-corrected chi connectivity index (χ0v) is 7.96. The minimum atomic E-state index is -0.0563. The molecule has 0 unspecified atom stereocenters. The Kier molecular flexibility index (Phi) is 1.59. The third-order valence-corrected chi connectivity index (χ3v) is 2.98. The molecule has 0 saturated carbocycles. The van der Waals surface area contributed by atoms with Crippen LogP contribution in [-0.4, -0.2) is 18.0 Å². The summed E-state index contributed by atoms with van der Waals surface area (Å²) in [6.45, 7) is 6.37. The Hall–Kier alpha value is -0.370. The first-order valence-corrected chi connectivity index (χ1v) is 4.69. The smallest absolute Gasteiger partial charge is 0.167 e. The van der Waals surface area contributed by atoms with Gasteiger partial charge in [0.1, 0.15) is 6.10 Å². The van der Waals surface area contributed by atoms with Crippen molar-refractivity contribution < 1.29 is 9.53 Å². The molecule has 0 aromatic carbocycles. The summed E-state index contributed by atoms with van der Waals surface area (Å²) < 4.78 is 5.57. The second-order valence-corrected chi connectivity index (χ2v) is 4.99. The summed E-state index contributed by atoms with van der Waals surface area (Å²) in [6, 6.07) is 0. The van der Waals surface area contributed by atoms with E-state index in [0.29, 0.717) is 5.78 Å². The topological polar surface area (TPSA) is 26.3 Å². The fourth-order valence-electron chi connectivity index (χ4n) is 2.49. The Balaban J connectivity index is 2.23. The molecular weight excluding hydrogens is 152 g/mol. The number of Topliss-reactive ketones (excluding diaryl/α,β-unsaturated/α-hetero) is 1. The molecule has 2 fully saturated rings. The summed E-state index contributed by atoms with van der Waals surface area (Å²) in [5.74, 6) is 0.495. The van der Waals surface area contributed by atoms with Gasteiger partial charge in [0.05, 0.1) is 12.0 Å². The van der Waals surface area contributed by atoms with Crippen molar-refractivity contribution in [2.75, 3.05) is 0 Å².